The van der Waals surface area contributed by atoms with Crippen LogP contribution in [-0.4, -0.2) is 57.6 Å². The van der Waals surface area contributed by atoms with E-state index in [9.17, 15) is 22.4 Å². The number of halogens is 6. The van der Waals surface area contributed by atoms with Gasteiger partial charge in [0.1, 0.15) is 29.2 Å². The maximum absolute atomic E-state index is 15.5. The third-order valence-corrected chi connectivity index (χ3v) is 6.39. The van der Waals surface area contributed by atoms with Gasteiger partial charge in [0.15, 0.2) is 5.65 Å². The van der Waals surface area contributed by atoms with Crippen molar-refractivity contribution >= 4 is 45.1 Å². The molecule has 1 amide bonds. The summed E-state index contributed by atoms with van der Waals surface area (Å²) in [7, 11) is 0. The van der Waals surface area contributed by atoms with E-state index in [-0.39, 0.29) is 46.6 Å². The normalized spacial score (nSPS) is 16.4. The first kappa shape index (κ1) is 24.8. The molecule has 1 atom stereocenters. The third-order valence-electron chi connectivity index (χ3n) is 6.22. The Bertz CT molecular complexity index is 1560. The number of hydrogen-bond donors (Lipinski definition) is 0. The van der Waals surface area contributed by atoms with Gasteiger partial charge in [-0.05, 0) is 35.2 Å². The maximum Gasteiger partial charge on any atom is 0.410 e. The molecule has 1 aliphatic heterocycles. The lowest BCUT2D eigenvalue weighted by Gasteiger charge is -2.42. The van der Waals surface area contributed by atoms with Crippen LogP contribution >= 0.6 is 11.6 Å². The number of fused-ring (bicyclic) bond motifs is 2. The van der Waals surface area contributed by atoms with Crippen molar-refractivity contribution in [2.75, 3.05) is 24.5 Å². The molecule has 0 aliphatic carbocycles. The molecular formula is C25H17ClF5N5O. The second-order valence-corrected chi connectivity index (χ2v) is 8.73. The molecule has 0 spiro atoms. The van der Waals surface area contributed by atoms with Gasteiger partial charge in [0.25, 0.3) is 0 Å². The molecular weight excluding hydrogens is 517 g/mol. The van der Waals surface area contributed by atoms with Crippen molar-refractivity contribution in [3.63, 3.8) is 0 Å². The van der Waals surface area contributed by atoms with Gasteiger partial charge >= 0.3 is 6.18 Å². The predicted octanol–water partition coefficient (Wildman–Crippen LogP) is 5.54. The SMILES string of the molecule is C=CC(=O)N1CCN(c2nc(Cl)nc3nc(-c4cccc5cccc(F)c45)c(F)cc23)[C@@H](C(F)(F)F)C1. The number of benzene rings is 2. The van der Waals surface area contributed by atoms with Crippen molar-refractivity contribution in [2.24, 2.45) is 0 Å². The van der Waals surface area contributed by atoms with E-state index < -0.39 is 41.6 Å². The van der Waals surface area contributed by atoms with E-state index in [2.05, 4.69) is 21.5 Å². The molecule has 0 bridgehead atoms. The number of piperazine rings is 1. The smallest absolute Gasteiger partial charge is 0.341 e. The Hall–Kier alpha value is -3.86. The molecule has 0 N–H and O–H groups in total. The van der Waals surface area contributed by atoms with Crippen molar-refractivity contribution in [1.82, 2.24) is 19.9 Å². The van der Waals surface area contributed by atoms with Gasteiger partial charge in [-0.25, -0.2) is 13.8 Å². The summed E-state index contributed by atoms with van der Waals surface area (Å²) in [5.74, 6) is -2.40. The third kappa shape index (κ3) is 4.43. The van der Waals surface area contributed by atoms with Crippen LogP contribution in [0.5, 0.6) is 0 Å². The van der Waals surface area contributed by atoms with Gasteiger partial charge in [-0.15, -0.1) is 0 Å². The van der Waals surface area contributed by atoms with E-state index in [0.717, 1.165) is 21.9 Å². The zero-order valence-electron chi connectivity index (χ0n) is 18.9. The lowest BCUT2D eigenvalue weighted by Crippen LogP contribution is -2.60. The minimum Gasteiger partial charge on any atom is -0.341 e. The van der Waals surface area contributed by atoms with Gasteiger partial charge in [-0.2, -0.15) is 23.1 Å². The van der Waals surface area contributed by atoms with Gasteiger partial charge in [-0.1, -0.05) is 36.9 Å². The molecule has 2 aromatic heterocycles. The zero-order chi connectivity index (χ0) is 26.5. The Balaban J connectivity index is 1.67. The average Bonchev–Trinajstić information content (AvgIpc) is 2.86. The summed E-state index contributed by atoms with van der Waals surface area (Å²) in [5.41, 5.74) is -0.251. The number of rotatable bonds is 3. The van der Waals surface area contributed by atoms with Crippen LogP contribution in [0.25, 0.3) is 33.1 Å². The number of anilines is 1. The molecule has 1 aliphatic rings. The topological polar surface area (TPSA) is 62.2 Å². The maximum atomic E-state index is 15.5. The van der Waals surface area contributed by atoms with Crippen LogP contribution in [-0.2, 0) is 4.79 Å². The standard InChI is InChI=1S/C25H17ClF5N5O/c1-2-19(37)35-9-10-36(18(12-35)25(29,30)31)23-15-11-17(28)21(32-22(15)33-24(26)34-23)14-7-3-5-13-6-4-8-16(27)20(13)14/h2-8,11,18H,1,9-10,12H2/t18-/m1/s1. The van der Waals surface area contributed by atoms with Crippen molar-refractivity contribution in [3.8, 4) is 11.3 Å². The number of carbonyl (C=O) groups excluding carboxylic acids is 1. The molecule has 1 saturated heterocycles. The van der Waals surface area contributed by atoms with E-state index in [4.69, 9.17) is 11.6 Å². The fraction of sp³-hybridized carbons (Fsp3) is 0.200. The highest BCUT2D eigenvalue weighted by atomic mass is 35.5. The molecule has 190 valence electrons. The van der Waals surface area contributed by atoms with Crippen LogP contribution in [0.15, 0.2) is 55.1 Å². The molecule has 1 fully saturated rings. The molecule has 3 heterocycles. The number of carbonyl (C=O) groups is 1. The van der Waals surface area contributed by atoms with Crippen molar-refractivity contribution in [3.05, 3.63) is 72.0 Å². The van der Waals surface area contributed by atoms with Crippen LogP contribution in [0, 0.1) is 11.6 Å². The van der Waals surface area contributed by atoms with E-state index >= 15 is 4.39 Å². The highest BCUT2D eigenvalue weighted by Gasteiger charge is 2.48. The monoisotopic (exact) mass is 533 g/mol. The second-order valence-electron chi connectivity index (χ2n) is 8.39. The lowest BCUT2D eigenvalue weighted by atomic mass is 10.0. The first-order valence-corrected chi connectivity index (χ1v) is 11.4. The Kier molecular flexibility index (Phi) is 6.18. The highest BCUT2D eigenvalue weighted by molar-refractivity contribution is 6.28. The first-order chi connectivity index (χ1) is 17.6. The van der Waals surface area contributed by atoms with Gasteiger partial charge < -0.3 is 9.80 Å². The van der Waals surface area contributed by atoms with Gasteiger partial charge in [0.05, 0.1) is 11.9 Å². The zero-order valence-corrected chi connectivity index (χ0v) is 19.7. The quantitative estimate of drug-likeness (QED) is 0.196. The van der Waals surface area contributed by atoms with E-state index in [1.165, 1.54) is 18.2 Å². The molecule has 5 rings (SSSR count). The summed E-state index contributed by atoms with van der Waals surface area (Å²) >= 11 is 6.06. The van der Waals surface area contributed by atoms with E-state index in [1.807, 2.05) is 0 Å². The van der Waals surface area contributed by atoms with Crippen LogP contribution in [0.4, 0.5) is 27.8 Å². The second kappa shape index (κ2) is 9.22. The number of aromatic nitrogens is 3. The largest absolute Gasteiger partial charge is 0.410 e. The summed E-state index contributed by atoms with van der Waals surface area (Å²) in [6.45, 7) is 2.33. The minimum absolute atomic E-state index is 0.0518. The van der Waals surface area contributed by atoms with Crippen molar-refractivity contribution in [1.29, 1.82) is 0 Å². The summed E-state index contributed by atoms with van der Waals surface area (Å²) in [6, 6.07) is 7.99. The molecule has 6 nitrogen and oxygen atoms in total. The Morgan fingerprint density at radius 3 is 2.49 bits per heavy atom. The first-order valence-electron chi connectivity index (χ1n) is 11.0. The fourth-order valence-corrected chi connectivity index (χ4v) is 4.70. The van der Waals surface area contributed by atoms with Gasteiger partial charge in [0.2, 0.25) is 11.2 Å². The highest BCUT2D eigenvalue weighted by Crippen LogP contribution is 2.37. The van der Waals surface area contributed by atoms with Gasteiger partial charge in [-0.3, -0.25) is 4.79 Å². The Labute approximate surface area is 212 Å². The predicted molar refractivity (Wildman–Crippen MR) is 129 cm³/mol. The van der Waals surface area contributed by atoms with Crippen LogP contribution in [0.2, 0.25) is 5.28 Å². The van der Waals surface area contributed by atoms with Crippen LogP contribution < -0.4 is 4.90 Å². The molecule has 0 saturated carbocycles. The van der Waals surface area contributed by atoms with E-state index in [0.29, 0.717) is 5.39 Å². The van der Waals surface area contributed by atoms with Crippen LogP contribution in [0.3, 0.4) is 0 Å². The Morgan fingerprint density at radius 1 is 1.05 bits per heavy atom. The number of nitrogens with zero attached hydrogens (tertiary/aromatic N) is 5. The molecule has 37 heavy (non-hydrogen) atoms. The van der Waals surface area contributed by atoms with Crippen molar-refractivity contribution < 1.29 is 26.7 Å². The number of alkyl halides is 3. The number of amides is 1. The Morgan fingerprint density at radius 2 is 1.78 bits per heavy atom. The van der Waals surface area contributed by atoms with E-state index in [1.54, 1.807) is 18.2 Å². The fourth-order valence-electron chi connectivity index (χ4n) is 4.54. The minimum atomic E-state index is -4.75. The van der Waals surface area contributed by atoms with Crippen LogP contribution in [0.1, 0.15) is 0 Å². The summed E-state index contributed by atoms with van der Waals surface area (Å²) in [5, 5.41) is 0.141. The average molecular weight is 534 g/mol. The molecule has 4 aromatic rings. The molecule has 2 aromatic carbocycles. The summed E-state index contributed by atoms with van der Waals surface area (Å²) < 4.78 is 72.3. The van der Waals surface area contributed by atoms with Crippen molar-refractivity contribution in [2.45, 2.75) is 12.2 Å². The molecule has 0 radical (unpaired) electrons. The number of hydrogen-bond acceptors (Lipinski definition) is 5. The molecule has 0 unspecified atom stereocenters. The van der Waals surface area contributed by atoms with Gasteiger partial charge in [0, 0.05) is 24.0 Å². The lowest BCUT2D eigenvalue weighted by molar-refractivity contribution is -0.159. The summed E-state index contributed by atoms with van der Waals surface area (Å²) in [6.07, 6.45) is -3.81. The summed E-state index contributed by atoms with van der Waals surface area (Å²) in [4.78, 5) is 26.1. The number of pyridine rings is 1. The molecule has 12 heteroatoms.